The van der Waals surface area contributed by atoms with Crippen LogP contribution in [0.2, 0.25) is 0 Å². The van der Waals surface area contributed by atoms with Crippen LogP contribution < -0.4 is 5.32 Å². The molecule has 0 unspecified atom stereocenters. The lowest BCUT2D eigenvalue weighted by molar-refractivity contribution is 0.0948. The second-order valence-electron chi connectivity index (χ2n) is 4.71. The Hall–Kier alpha value is -1.89. The zero-order chi connectivity index (χ0) is 12.8. The predicted octanol–water partition coefficient (Wildman–Crippen LogP) is 2.07. The molecule has 4 nitrogen and oxygen atoms in total. The van der Waals surface area contributed by atoms with Gasteiger partial charge in [0, 0.05) is 18.3 Å². The Balaban J connectivity index is 1.83. The minimum absolute atomic E-state index is 0.0732. The molecule has 4 heteroatoms. The van der Waals surface area contributed by atoms with Crippen molar-refractivity contribution in [1.82, 2.24) is 10.3 Å². The van der Waals surface area contributed by atoms with E-state index in [2.05, 4.69) is 10.3 Å². The van der Waals surface area contributed by atoms with Crippen molar-refractivity contribution in [3.05, 3.63) is 29.6 Å². The molecular weight excluding hydrogens is 226 g/mol. The molecule has 1 aliphatic rings. The number of nitrogens with one attached hydrogen (secondary N) is 1. The number of carbonyl (C=O) groups is 1. The first-order valence-electron chi connectivity index (χ1n) is 6.39. The van der Waals surface area contributed by atoms with Gasteiger partial charge >= 0.3 is 0 Å². The van der Waals surface area contributed by atoms with Crippen LogP contribution in [0.15, 0.2) is 18.3 Å². The van der Waals surface area contributed by atoms with Gasteiger partial charge in [-0.2, -0.15) is 5.26 Å². The van der Waals surface area contributed by atoms with Gasteiger partial charge < -0.3 is 5.32 Å². The fourth-order valence-corrected chi connectivity index (χ4v) is 2.07. The summed E-state index contributed by atoms with van der Waals surface area (Å²) in [7, 11) is 0. The fourth-order valence-electron chi connectivity index (χ4n) is 2.07. The van der Waals surface area contributed by atoms with E-state index >= 15 is 0 Å². The van der Waals surface area contributed by atoms with E-state index in [4.69, 9.17) is 5.26 Å². The van der Waals surface area contributed by atoms with Crippen LogP contribution in [0.3, 0.4) is 0 Å². The maximum Gasteiger partial charge on any atom is 0.251 e. The maximum absolute atomic E-state index is 11.9. The van der Waals surface area contributed by atoms with Gasteiger partial charge in [0.1, 0.15) is 0 Å². The molecule has 0 aliphatic heterocycles. The summed E-state index contributed by atoms with van der Waals surface area (Å²) < 4.78 is 0. The molecule has 0 saturated heterocycles. The van der Waals surface area contributed by atoms with E-state index in [-0.39, 0.29) is 12.3 Å². The molecule has 94 valence electrons. The highest BCUT2D eigenvalue weighted by molar-refractivity contribution is 5.94. The third-order valence-corrected chi connectivity index (χ3v) is 3.40. The average molecular weight is 243 g/mol. The summed E-state index contributed by atoms with van der Waals surface area (Å²) in [5.41, 5.74) is 1.23. The molecule has 0 aromatic carbocycles. The van der Waals surface area contributed by atoms with Gasteiger partial charge in [-0.05, 0) is 24.5 Å². The second-order valence-corrected chi connectivity index (χ2v) is 4.71. The number of nitrogens with zero attached hydrogens (tertiary/aromatic N) is 2. The maximum atomic E-state index is 11.9. The van der Waals surface area contributed by atoms with Gasteiger partial charge in [0.2, 0.25) is 0 Å². The lowest BCUT2D eigenvalue weighted by Gasteiger charge is -2.25. The van der Waals surface area contributed by atoms with Crippen molar-refractivity contribution in [3.63, 3.8) is 0 Å². The van der Waals surface area contributed by atoms with Crippen LogP contribution in [0, 0.1) is 17.2 Å². The van der Waals surface area contributed by atoms with Gasteiger partial charge in [-0.15, -0.1) is 0 Å². The molecule has 1 amide bonds. The third kappa shape index (κ3) is 3.30. The lowest BCUT2D eigenvalue weighted by atomic mass is 9.83. The van der Waals surface area contributed by atoms with E-state index in [1.807, 2.05) is 6.07 Å². The Bertz CT molecular complexity index is 460. The van der Waals surface area contributed by atoms with Gasteiger partial charge in [0.25, 0.3) is 5.91 Å². The zero-order valence-corrected chi connectivity index (χ0v) is 10.4. The Labute approximate surface area is 107 Å². The summed E-state index contributed by atoms with van der Waals surface area (Å²) in [6.45, 7) is 0.736. The first-order chi connectivity index (χ1) is 8.79. The first kappa shape index (κ1) is 12.6. The topological polar surface area (TPSA) is 65.8 Å². The van der Waals surface area contributed by atoms with E-state index < -0.39 is 0 Å². The normalized spacial score (nSPS) is 14.6. The Morgan fingerprint density at radius 1 is 1.56 bits per heavy atom. The van der Waals surface area contributed by atoms with Gasteiger partial charge in [-0.3, -0.25) is 9.78 Å². The van der Waals surface area contributed by atoms with Crippen LogP contribution in [0.5, 0.6) is 0 Å². The Morgan fingerprint density at radius 2 is 2.39 bits per heavy atom. The molecule has 1 heterocycles. The Morgan fingerprint density at radius 3 is 3.06 bits per heavy atom. The molecule has 1 aromatic heterocycles. The fraction of sp³-hybridized carbons (Fsp3) is 0.500. The molecule has 0 atom stereocenters. The molecule has 18 heavy (non-hydrogen) atoms. The molecule has 1 fully saturated rings. The number of hydrogen-bond acceptors (Lipinski definition) is 3. The van der Waals surface area contributed by atoms with Crippen LogP contribution in [-0.2, 0) is 6.42 Å². The minimum atomic E-state index is -0.0732. The van der Waals surface area contributed by atoms with Crippen LogP contribution in [0.4, 0.5) is 0 Å². The quantitative estimate of drug-likeness (QED) is 0.860. The molecular formula is C14H17N3O. The Kier molecular flexibility index (Phi) is 4.30. The van der Waals surface area contributed by atoms with Crippen LogP contribution in [0.1, 0.15) is 41.7 Å². The summed E-state index contributed by atoms with van der Waals surface area (Å²) in [6.07, 6.45) is 6.83. The molecule has 1 aliphatic carbocycles. The van der Waals surface area contributed by atoms with E-state index in [0.717, 1.165) is 18.9 Å². The predicted molar refractivity (Wildman–Crippen MR) is 67.8 cm³/mol. The van der Waals surface area contributed by atoms with E-state index in [9.17, 15) is 4.79 Å². The van der Waals surface area contributed by atoms with Crippen LogP contribution >= 0.6 is 0 Å². The number of hydrogen-bond donors (Lipinski definition) is 1. The summed E-state index contributed by atoms with van der Waals surface area (Å²) in [5.74, 6) is 0.729. The van der Waals surface area contributed by atoms with Crippen molar-refractivity contribution < 1.29 is 4.79 Å². The van der Waals surface area contributed by atoms with Gasteiger partial charge in [0.05, 0.1) is 18.2 Å². The summed E-state index contributed by atoms with van der Waals surface area (Å²) >= 11 is 0. The molecule has 0 spiro atoms. The third-order valence-electron chi connectivity index (χ3n) is 3.40. The number of pyridine rings is 1. The van der Waals surface area contributed by atoms with Crippen molar-refractivity contribution >= 4 is 5.91 Å². The largest absolute Gasteiger partial charge is 0.352 e. The number of carbonyl (C=O) groups excluding carboxylic acids is 1. The van der Waals surface area contributed by atoms with Crippen molar-refractivity contribution in [2.75, 3.05) is 6.54 Å². The van der Waals surface area contributed by atoms with Crippen LogP contribution in [-0.4, -0.2) is 17.4 Å². The second kappa shape index (κ2) is 6.15. The van der Waals surface area contributed by atoms with Crippen molar-refractivity contribution in [3.8, 4) is 6.07 Å². The summed E-state index contributed by atoms with van der Waals surface area (Å²) in [5, 5.41) is 11.5. The van der Waals surface area contributed by atoms with Gasteiger partial charge in [-0.25, -0.2) is 0 Å². The average Bonchev–Trinajstić information content (AvgIpc) is 2.33. The number of aromatic nitrogens is 1. The molecule has 2 rings (SSSR count). The highest BCUT2D eigenvalue weighted by Gasteiger charge is 2.17. The molecule has 0 bridgehead atoms. The standard InChI is InChI=1S/C14H17N3O/c15-7-4-13-10-12(6-9-16-13)14(18)17-8-5-11-2-1-3-11/h6,9-11H,1-5,8H2,(H,17,18). The van der Waals surface area contributed by atoms with Crippen LogP contribution in [0.25, 0.3) is 0 Å². The van der Waals surface area contributed by atoms with E-state index in [1.54, 1.807) is 18.3 Å². The number of amides is 1. The van der Waals surface area contributed by atoms with Crippen molar-refractivity contribution in [2.45, 2.75) is 32.1 Å². The molecule has 1 saturated carbocycles. The van der Waals surface area contributed by atoms with Gasteiger partial charge in [-0.1, -0.05) is 19.3 Å². The summed E-state index contributed by atoms with van der Waals surface area (Å²) in [6, 6.07) is 5.39. The minimum Gasteiger partial charge on any atom is -0.352 e. The molecule has 0 radical (unpaired) electrons. The highest BCUT2D eigenvalue weighted by atomic mass is 16.1. The van der Waals surface area contributed by atoms with Crippen molar-refractivity contribution in [2.24, 2.45) is 5.92 Å². The highest BCUT2D eigenvalue weighted by Crippen LogP contribution is 2.28. The number of rotatable bonds is 5. The number of nitriles is 1. The SMILES string of the molecule is N#CCc1cc(C(=O)NCCC2CCC2)ccn1. The molecule has 1 N–H and O–H groups in total. The van der Waals surface area contributed by atoms with Gasteiger partial charge in [0.15, 0.2) is 0 Å². The van der Waals surface area contributed by atoms with E-state index in [0.29, 0.717) is 11.3 Å². The smallest absolute Gasteiger partial charge is 0.251 e. The lowest BCUT2D eigenvalue weighted by Crippen LogP contribution is -2.27. The van der Waals surface area contributed by atoms with Crippen molar-refractivity contribution in [1.29, 1.82) is 5.26 Å². The first-order valence-corrected chi connectivity index (χ1v) is 6.39. The monoisotopic (exact) mass is 243 g/mol. The summed E-state index contributed by atoms with van der Waals surface area (Å²) in [4.78, 5) is 15.9. The molecule has 1 aromatic rings. The van der Waals surface area contributed by atoms with E-state index in [1.165, 1.54) is 19.3 Å². The zero-order valence-electron chi connectivity index (χ0n) is 10.4.